The Kier molecular flexibility index (Phi) is 5.93. The Morgan fingerprint density at radius 1 is 1.29 bits per heavy atom. The van der Waals surface area contributed by atoms with Crippen molar-refractivity contribution in [3.8, 4) is 0 Å². The molecular weight excluding hydrogens is 237 g/mol. The molecule has 0 radical (unpaired) electrons. The van der Waals surface area contributed by atoms with Crippen LogP contribution in [0.25, 0.3) is 0 Å². The number of hydrogen-bond acceptors (Lipinski definition) is 1. The highest BCUT2D eigenvalue weighted by atomic mass is 35.5. The first kappa shape index (κ1) is 14.5. The largest absolute Gasteiger partial charge is 0.310 e. The topological polar surface area (TPSA) is 12.0 Å². The third kappa shape index (κ3) is 4.29. The van der Waals surface area contributed by atoms with Gasteiger partial charge >= 0.3 is 0 Å². The fourth-order valence-corrected chi connectivity index (χ4v) is 1.94. The Morgan fingerprint density at radius 2 is 1.94 bits per heavy atom. The quantitative estimate of drug-likeness (QED) is 0.787. The van der Waals surface area contributed by atoms with Gasteiger partial charge in [0.2, 0.25) is 0 Å². The molecule has 0 bridgehead atoms. The van der Waals surface area contributed by atoms with Gasteiger partial charge in [-0.25, -0.2) is 4.39 Å². The number of nitrogens with one attached hydrogen (secondary N) is 1. The molecule has 1 N–H and O–H groups in total. The van der Waals surface area contributed by atoms with E-state index in [1.165, 1.54) is 18.9 Å². The lowest BCUT2D eigenvalue weighted by Crippen LogP contribution is -2.25. The van der Waals surface area contributed by atoms with E-state index in [0.29, 0.717) is 5.92 Å². The first-order valence-corrected chi connectivity index (χ1v) is 6.64. The van der Waals surface area contributed by atoms with Gasteiger partial charge in [-0.2, -0.15) is 0 Å². The molecule has 0 fully saturated rings. The molecule has 1 rings (SSSR count). The molecule has 1 aromatic carbocycles. The molecular formula is C14H21ClFN. The van der Waals surface area contributed by atoms with Crippen LogP contribution in [0.15, 0.2) is 18.2 Å². The summed E-state index contributed by atoms with van der Waals surface area (Å²) in [6.07, 6.45) is 2.34. The summed E-state index contributed by atoms with van der Waals surface area (Å²) in [5, 5.41) is 3.62. The Morgan fingerprint density at radius 3 is 2.47 bits per heavy atom. The van der Waals surface area contributed by atoms with Gasteiger partial charge in [0.25, 0.3) is 0 Å². The summed E-state index contributed by atoms with van der Waals surface area (Å²) in [7, 11) is 0. The van der Waals surface area contributed by atoms with Crippen molar-refractivity contribution < 1.29 is 4.39 Å². The number of hydrogen-bond donors (Lipinski definition) is 1. The van der Waals surface area contributed by atoms with Crippen LogP contribution in [0.2, 0.25) is 5.02 Å². The second kappa shape index (κ2) is 6.97. The fraction of sp³-hybridized carbons (Fsp3) is 0.571. The molecule has 0 aliphatic heterocycles. The first-order valence-electron chi connectivity index (χ1n) is 6.26. The molecule has 0 heterocycles. The average Bonchev–Trinajstić information content (AvgIpc) is 2.33. The second-order valence-electron chi connectivity index (χ2n) is 4.49. The lowest BCUT2D eigenvalue weighted by molar-refractivity contribution is 0.422. The molecule has 0 aromatic heterocycles. The van der Waals surface area contributed by atoms with E-state index in [1.807, 2.05) is 13.0 Å². The molecule has 1 aromatic rings. The van der Waals surface area contributed by atoms with Crippen molar-refractivity contribution in [2.45, 2.75) is 39.7 Å². The Labute approximate surface area is 108 Å². The standard InChI is InChI=1S/C14H21ClFN/c1-4-11(5-2)9-17-10(3)12-6-7-13(15)14(16)8-12/h6-8,10-11,17H,4-5,9H2,1-3H3. The molecule has 0 spiro atoms. The average molecular weight is 258 g/mol. The first-order chi connectivity index (χ1) is 8.08. The van der Waals surface area contributed by atoms with Crippen LogP contribution in [0.5, 0.6) is 0 Å². The Balaban J connectivity index is 2.57. The van der Waals surface area contributed by atoms with Crippen molar-refractivity contribution >= 4 is 11.6 Å². The van der Waals surface area contributed by atoms with E-state index in [0.717, 1.165) is 12.1 Å². The van der Waals surface area contributed by atoms with Crippen LogP contribution in [0.1, 0.15) is 45.2 Å². The van der Waals surface area contributed by atoms with Gasteiger partial charge in [-0.05, 0) is 37.1 Å². The molecule has 96 valence electrons. The molecule has 1 unspecified atom stereocenters. The zero-order valence-corrected chi connectivity index (χ0v) is 11.5. The van der Waals surface area contributed by atoms with Crippen molar-refractivity contribution in [3.05, 3.63) is 34.6 Å². The highest BCUT2D eigenvalue weighted by Gasteiger charge is 2.10. The van der Waals surface area contributed by atoms with Gasteiger partial charge in [-0.1, -0.05) is 44.4 Å². The molecule has 1 nitrogen and oxygen atoms in total. The van der Waals surface area contributed by atoms with E-state index >= 15 is 0 Å². The maximum absolute atomic E-state index is 13.3. The van der Waals surface area contributed by atoms with Crippen molar-refractivity contribution in [3.63, 3.8) is 0 Å². The molecule has 0 aliphatic rings. The Bertz CT molecular complexity index is 350. The zero-order valence-electron chi connectivity index (χ0n) is 10.8. The Hall–Kier alpha value is -0.600. The van der Waals surface area contributed by atoms with E-state index < -0.39 is 0 Å². The minimum absolute atomic E-state index is 0.155. The predicted molar refractivity (Wildman–Crippen MR) is 71.9 cm³/mol. The molecule has 1 atom stereocenters. The van der Waals surface area contributed by atoms with Gasteiger partial charge in [0.15, 0.2) is 0 Å². The van der Waals surface area contributed by atoms with Crippen LogP contribution in [0.3, 0.4) is 0 Å². The monoisotopic (exact) mass is 257 g/mol. The van der Waals surface area contributed by atoms with Crippen LogP contribution in [-0.2, 0) is 0 Å². The molecule has 0 saturated heterocycles. The van der Waals surface area contributed by atoms with E-state index in [9.17, 15) is 4.39 Å². The summed E-state index contributed by atoms with van der Waals surface area (Å²) < 4.78 is 13.3. The number of benzene rings is 1. The van der Waals surface area contributed by atoms with Crippen LogP contribution in [0, 0.1) is 11.7 Å². The van der Waals surface area contributed by atoms with E-state index in [1.54, 1.807) is 6.07 Å². The van der Waals surface area contributed by atoms with Gasteiger partial charge in [0.1, 0.15) is 5.82 Å². The fourth-order valence-electron chi connectivity index (χ4n) is 1.82. The van der Waals surface area contributed by atoms with Crippen LogP contribution in [0.4, 0.5) is 4.39 Å². The van der Waals surface area contributed by atoms with Gasteiger partial charge in [-0.15, -0.1) is 0 Å². The lowest BCUT2D eigenvalue weighted by atomic mass is 10.0. The highest BCUT2D eigenvalue weighted by molar-refractivity contribution is 6.30. The smallest absolute Gasteiger partial charge is 0.142 e. The van der Waals surface area contributed by atoms with Crippen LogP contribution < -0.4 is 5.32 Å². The number of rotatable bonds is 6. The van der Waals surface area contributed by atoms with Crippen molar-refractivity contribution in [2.24, 2.45) is 5.92 Å². The van der Waals surface area contributed by atoms with E-state index in [2.05, 4.69) is 19.2 Å². The molecule has 0 saturated carbocycles. The predicted octanol–water partition coefficient (Wildman–Crippen LogP) is 4.57. The second-order valence-corrected chi connectivity index (χ2v) is 4.89. The third-order valence-corrected chi connectivity index (χ3v) is 3.62. The van der Waals surface area contributed by atoms with E-state index in [-0.39, 0.29) is 16.9 Å². The van der Waals surface area contributed by atoms with Gasteiger partial charge < -0.3 is 5.32 Å². The lowest BCUT2D eigenvalue weighted by Gasteiger charge is -2.19. The van der Waals surface area contributed by atoms with Gasteiger partial charge in [0.05, 0.1) is 5.02 Å². The maximum Gasteiger partial charge on any atom is 0.142 e. The van der Waals surface area contributed by atoms with Gasteiger partial charge in [0, 0.05) is 6.04 Å². The zero-order chi connectivity index (χ0) is 12.8. The minimum Gasteiger partial charge on any atom is -0.310 e. The number of halogens is 2. The van der Waals surface area contributed by atoms with Crippen LogP contribution in [-0.4, -0.2) is 6.54 Å². The maximum atomic E-state index is 13.3. The normalized spacial score (nSPS) is 13.1. The summed E-state index contributed by atoms with van der Waals surface area (Å²) >= 11 is 5.66. The highest BCUT2D eigenvalue weighted by Crippen LogP contribution is 2.20. The molecule has 0 aliphatic carbocycles. The van der Waals surface area contributed by atoms with Crippen molar-refractivity contribution in [1.82, 2.24) is 5.32 Å². The van der Waals surface area contributed by atoms with Crippen molar-refractivity contribution in [1.29, 1.82) is 0 Å². The summed E-state index contributed by atoms with van der Waals surface area (Å²) in [5.41, 5.74) is 0.942. The minimum atomic E-state index is -0.347. The summed E-state index contributed by atoms with van der Waals surface area (Å²) in [6, 6.07) is 5.15. The molecule has 0 amide bonds. The summed E-state index contributed by atoms with van der Waals surface area (Å²) in [4.78, 5) is 0. The van der Waals surface area contributed by atoms with Gasteiger partial charge in [-0.3, -0.25) is 0 Å². The van der Waals surface area contributed by atoms with E-state index in [4.69, 9.17) is 11.6 Å². The third-order valence-electron chi connectivity index (χ3n) is 3.31. The summed E-state index contributed by atoms with van der Waals surface area (Å²) in [5.74, 6) is 0.343. The molecule has 17 heavy (non-hydrogen) atoms. The summed E-state index contributed by atoms with van der Waals surface area (Å²) in [6.45, 7) is 7.41. The van der Waals surface area contributed by atoms with Crippen LogP contribution >= 0.6 is 11.6 Å². The van der Waals surface area contributed by atoms with Crippen molar-refractivity contribution in [2.75, 3.05) is 6.54 Å². The molecule has 3 heteroatoms. The SMILES string of the molecule is CCC(CC)CNC(C)c1ccc(Cl)c(F)c1.